The van der Waals surface area contributed by atoms with Gasteiger partial charge in [0.05, 0.1) is 0 Å². The fraction of sp³-hybridized carbons (Fsp3) is 0.400. The van der Waals surface area contributed by atoms with Gasteiger partial charge in [-0.2, -0.15) is 4.98 Å². The first kappa shape index (κ1) is 13.6. The van der Waals surface area contributed by atoms with E-state index in [9.17, 15) is 4.79 Å². The molecule has 1 amide bonds. The molecule has 1 saturated carbocycles. The number of hydrogen-bond donors (Lipinski definition) is 2. The number of H-pyrrole nitrogens is 1. The molecule has 3 N–H and O–H groups in total. The van der Waals surface area contributed by atoms with Crippen molar-refractivity contribution in [2.75, 3.05) is 5.73 Å². The second-order valence-electron chi connectivity index (χ2n) is 5.54. The molecule has 0 spiro atoms. The Morgan fingerprint density at radius 1 is 1.43 bits per heavy atom. The van der Waals surface area contributed by atoms with Gasteiger partial charge in [-0.15, -0.1) is 5.10 Å². The Bertz CT molecular complexity index is 620. The minimum atomic E-state index is -0.151. The van der Waals surface area contributed by atoms with Gasteiger partial charge in [-0.1, -0.05) is 30.3 Å². The van der Waals surface area contributed by atoms with Crippen LogP contribution in [0, 0.1) is 5.92 Å². The van der Waals surface area contributed by atoms with Crippen LogP contribution in [0.25, 0.3) is 0 Å². The number of nitrogens with zero attached hydrogens (tertiary/aromatic N) is 3. The number of nitrogen functional groups attached to an aromatic ring is 1. The summed E-state index contributed by atoms with van der Waals surface area (Å²) in [4.78, 5) is 18.5. The number of aromatic nitrogens is 3. The van der Waals surface area contributed by atoms with Crippen LogP contribution in [0.1, 0.15) is 35.9 Å². The predicted octanol–water partition coefficient (Wildman–Crippen LogP) is 1.83. The van der Waals surface area contributed by atoms with Crippen molar-refractivity contribution in [1.82, 2.24) is 20.1 Å². The van der Waals surface area contributed by atoms with Crippen molar-refractivity contribution in [1.29, 1.82) is 0 Å². The maximum Gasteiger partial charge on any atom is 0.291 e. The largest absolute Gasteiger partial charge is 0.366 e. The lowest BCUT2D eigenvalue weighted by Crippen LogP contribution is -2.40. The first-order valence-corrected chi connectivity index (χ1v) is 7.18. The molecule has 0 aliphatic heterocycles. The third-order valence-corrected chi connectivity index (χ3v) is 3.96. The highest BCUT2D eigenvalue weighted by Crippen LogP contribution is 2.36. The predicted molar refractivity (Wildman–Crippen MR) is 79.3 cm³/mol. The summed E-state index contributed by atoms with van der Waals surface area (Å²) in [5.41, 5.74) is 6.60. The fourth-order valence-corrected chi connectivity index (χ4v) is 2.52. The van der Waals surface area contributed by atoms with Crippen LogP contribution in [0.4, 0.5) is 5.95 Å². The smallest absolute Gasteiger partial charge is 0.291 e. The van der Waals surface area contributed by atoms with Crippen LogP contribution in [-0.4, -0.2) is 32.0 Å². The molecule has 1 aliphatic carbocycles. The number of rotatable bonds is 5. The molecular weight excluding hydrogens is 266 g/mol. The third kappa shape index (κ3) is 3.04. The van der Waals surface area contributed by atoms with Crippen molar-refractivity contribution in [3.05, 3.63) is 41.7 Å². The van der Waals surface area contributed by atoms with Crippen LogP contribution in [0.5, 0.6) is 0 Å². The molecule has 1 unspecified atom stereocenters. The van der Waals surface area contributed by atoms with E-state index >= 15 is 0 Å². The van der Waals surface area contributed by atoms with Crippen molar-refractivity contribution in [3.63, 3.8) is 0 Å². The molecule has 2 aromatic rings. The highest BCUT2D eigenvalue weighted by atomic mass is 16.2. The van der Waals surface area contributed by atoms with Gasteiger partial charge in [0.15, 0.2) is 0 Å². The maximum atomic E-state index is 12.7. The average Bonchev–Trinajstić information content (AvgIpc) is 3.26. The quantitative estimate of drug-likeness (QED) is 0.877. The molecule has 1 aromatic carbocycles. The number of nitrogens with one attached hydrogen (secondary N) is 1. The van der Waals surface area contributed by atoms with Gasteiger partial charge in [-0.05, 0) is 31.2 Å². The van der Waals surface area contributed by atoms with Crippen LogP contribution < -0.4 is 5.73 Å². The number of nitrogens with two attached hydrogens (primary N) is 1. The van der Waals surface area contributed by atoms with Gasteiger partial charge in [0, 0.05) is 12.6 Å². The molecule has 21 heavy (non-hydrogen) atoms. The summed E-state index contributed by atoms with van der Waals surface area (Å²) in [5.74, 6) is 0.730. The van der Waals surface area contributed by atoms with E-state index in [-0.39, 0.29) is 23.7 Å². The lowest BCUT2D eigenvalue weighted by atomic mass is 10.1. The summed E-state index contributed by atoms with van der Waals surface area (Å²) in [6.45, 7) is 2.66. The molecule has 6 heteroatoms. The number of aromatic amines is 1. The highest BCUT2D eigenvalue weighted by molar-refractivity contribution is 5.90. The molecule has 1 heterocycles. The Balaban J connectivity index is 1.83. The van der Waals surface area contributed by atoms with Crippen molar-refractivity contribution < 1.29 is 4.79 Å². The number of hydrogen-bond acceptors (Lipinski definition) is 4. The van der Waals surface area contributed by atoms with Crippen LogP contribution in [0.3, 0.4) is 0 Å². The SMILES string of the molecule is CC(C1CC1)N(Cc1ccccc1)C(=O)c1nc(N)n[nH]1. The summed E-state index contributed by atoms with van der Waals surface area (Å²) in [6.07, 6.45) is 2.36. The lowest BCUT2D eigenvalue weighted by molar-refractivity contribution is 0.0642. The average molecular weight is 285 g/mol. The van der Waals surface area contributed by atoms with Gasteiger partial charge >= 0.3 is 0 Å². The molecule has 1 aliphatic rings. The van der Waals surface area contributed by atoms with Gasteiger partial charge in [0.25, 0.3) is 5.91 Å². The van der Waals surface area contributed by atoms with Crippen molar-refractivity contribution in [2.45, 2.75) is 32.4 Å². The molecule has 1 aromatic heterocycles. The van der Waals surface area contributed by atoms with Crippen molar-refractivity contribution in [2.24, 2.45) is 5.92 Å². The Morgan fingerprint density at radius 2 is 2.14 bits per heavy atom. The molecule has 6 nitrogen and oxygen atoms in total. The molecule has 0 saturated heterocycles. The number of carbonyl (C=O) groups is 1. The van der Waals surface area contributed by atoms with E-state index in [2.05, 4.69) is 22.1 Å². The second-order valence-corrected chi connectivity index (χ2v) is 5.54. The van der Waals surface area contributed by atoms with Gasteiger partial charge in [-0.25, -0.2) is 0 Å². The lowest BCUT2D eigenvalue weighted by Gasteiger charge is -2.28. The van der Waals surface area contributed by atoms with E-state index in [1.54, 1.807) is 0 Å². The normalized spacial score (nSPS) is 15.7. The number of anilines is 1. The third-order valence-electron chi connectivity index (χ3n) is 3.96. The van der Waals surface area contributed by atoms with Gasteiger partial charge in [-0.3, -0.25) is 9.89 Å². The molecule has 0 radical (unpaired) electrons. The van der Waals surface area contributed by atoms with E-state index in [0.717, 1.165) is 5.56 Å². The summed E-state index contributed by atoms with van der Waals surface area (Å²) >= 11 is 0. The van der Waals surface area contributed by atoms with Gasteiger partial charge in [0.1, 0.15) is 0 Å². The summed E-state index contributed by atoms with van der Waals surface area (Å²) in [5, 5.41) is 6.35. The standard InChI is InChI=1S/C15H19N5O/c1-10(12-7-8-12)20(9-11-5-3-2-4-6-11)14(21)13-17-15(16)19-18-13/h2-6,10,12H,7-9H2,1H3,(H3,16,17,18,19). The highest BCUT2D eigenvalue weighted by Gasteiger charge is 2.35. The zero-order valence-corrected chi connectivity index (χ0v) is 12.0. The first-order chi connectivity index (χ1) is 10.1. The Morgan fingerprint density at radius 3 is 2.71 bits per heavy atom. The van der Waals surface area contributed by atoms with E-state index in [1.165, 1.54) is 12.8 Å². The van der Waals surface area contributed by atoms with E-state index in [0.29, 0.717) is 12.5 Å². The summed E-state index contributed by atoms with van der Waals surface area (Å²) < 4.78 is 0. The van der Waals surface area contributed by atoms with Gasteiger partial charge < -0.3 is 10.6 Å². The first-order valence-electron chi connectivity index (χ1n) is 7.18. The zero-order chi connectivity index (χ0) is 14.8. The molecule has 110 valence electrons. The summed E-state index contributed by atoms with van der Waals surface area (Å²) in [7, 11) is 0. The summed E-state index contributed by atoms with van der Waals surface area (Å²) in [6, 6.07) is 10.2. The maximum absolute atomic E-state index is 12.7. The second kappa shape index (κ2) is 5.55. The Kier molecular flexibility index (Phi) is 3.60. The molecule has 1 atom stereocenters. The molecule has 1 fully saturated rings. The monoisotopic (exact) mass is 285 g/mol. The molecule has 0 bridgehead atoms. The van der Waals surface area contributed by atoms with Crippen molar-refractivity contribution >= 4 is 11.9 Å². The van der Waals surface area contributed by atoms with Crippen LogP contribution in [0.15, 0.2) is 30.3 Å². The Labute approximate surface area is 123 Å². The minimum Gasteiger partial charge on any atom is -0.366 e. The van der Waals surface area contributed by atoms with Crippen LogP contribution in [-0.2, 0) is 6.54 Å². The minimum absolute atomic E-state index is 0.0945. The topological polar surface area (TPSA) is 87.9 Å². The van der Waals surface area contributed by atoms with Crippen LogP contribution >= 0.6 is 0 Å². The van der Waals surface area contributed by atoms with Gasteiger partial charge in [0.2, 0.25) is 11.8 Å². The van der Waals surface area contributed by atoms with Crippen LogP contribution in [0.2, 0.25) is 0 Å². The van der Waals surface area contributed by atoms with E-state index in [1.807, 2.05) is 35.2 Å². The van der Waals surface area contributed by atoms with E-state index in [4.69, 9.17) is 5.73 Å². The Hall–Kier alpha value is -2.37. The van der Waals surface area contributed by atoms with E-state index < -0.39 is 0 Å². The van der Waals surface area contributed by atoms with Crippen molar-refractivity contribution in [3.8, 4) is 0 Å². The fourth-order valence-electron chi connectivity index (χ4n) is 2.52. The number of carbonyl (C=O) groups excluding carboxylic acids is 1. The number of benzene rings is 1. The number of amides is 1. The molecule has 3 rings (SSSR count). The zero-order valence-electron chi connectivity index (χ0n) is 12.0. The molecular formula is C15H19N5O.